The summed E-state index contributed by atoms with van der Waals surface area (Å²) in [5.74, 6) is -0.202. The Morgan fingerprint density at radius 1 is 1.43 bits per heavy atom. The van der Waals surface area contributed by atoms with E-state index < -0.39 is 4.92 Å². The van der Waals surface area contributed by atoms with Crippen molar-refractivity contribution in [3.8, 4) is 0 Å². The van der Waals surface area contributed by atoms with Crippen LogP contribution in [0.5, 0.6) is 0 Å². The topological polar surface area (TPSA) is 84.7 Å². The summed E-state index contributed by atoms with van der Waals surface area (Å²) in [5, 5.41) is 14.0. The Bertz CT molecular complexity index is 515. The molecule has 0 atom stereocenters. The highest BCUT2D eigenvalue weighted by Gasteiger charge is 2.17. The molecule has 0 aliphatic carbocycles. The van der Waals surface area contributed by atoms with E-state index in [1.54, 1.807) is 14.1 Å². The Morgan fingerprint density at radius 3 is 2.62 bits per heavy atom. The van der Waals surface area contributed by atoms with Crippen LogP contribution in [0.15, 0.2) is 18.2 Å². The van der Waals surface area contributed by atoms with Gasteiger partial charge in [-0.25, -0.2) is 0 Å². The molecule has 116 valence electrons. The second kappa shape index (κ2) is 7.58. The zero-order chi connectivity index (χ0) is 16.0. The number of benzene rings is 1. The highest BCUT2D eigenvalue weighted by molar-refractivity contribution is 5.95. The molecule has 0 saturated heterocycles. The summed E-state index contributed by atoms with van der Waals surface area (Å²) in [6, 6.07) is 4.29. The summed E-state index contributed by atoms with van der Waals surface area (Å²) in [6.07, 6.45) is 0.100. The van der Waals surface area contributed by atoms with Crippen molar-refractivity contribution in [3.05, 3.63) is 33.9 Å². The lowest BCUT2D eigenvalue weighted by molar-refractivity contribution is -0.384. The zero-order valence-electron chi connectivity index (χ0n) is 12.8. The van der Waals surface area contributed by atoms with Crippen molar-refractivity contribution in [1.29, 1.82) is 0 Å². The molecule has 0 spiro atoms. The monoisotopic (exact) mass is 295 g/mol. The lowest BCUT2D eigenvalue weighted by atomic mass is 10.1. The Kier molecular flexibility index (Phi) is 6.10. The first-order valence-corrected chi connectivity index (χ1v) is 6.68. The predicted octanol–water partition coefficient (Wildman–Crippen LogP) is 2.13. The van der Waals surface area contributed by atoms with Gasteiger partial charge in [0.15, 0.2) is 0 Å². The van der Waals surface area contributed by atoms with Crippen LogP contribution in [0.4, 0.5) is 11.4 Å². The smallest absolute Gasteiger partial charge is 0.292 e. The number of nitro benzene ring substituents is 1. The molecule has 7 nitrogen and oxygen atoms in total. The molecule has 1 N–H and O–H groups in total. The quantitative estimate of drug-likeness (QED) is 0.473. The van der Waals surface area contributed by atoms with E-state index in [9.17, 15) is 14.9 Å². The molecule has 0 heterocycles. The number of hydrogen-bond donors (Lipinski definition) is 1. The third kappa shape index (κ3) is 5.03. The van der Waals surface area contributed by atoms with Gasteiger partial charge in [-0.1, -0.05) is 0 Å². The normalized spacial score (nSPS) is 10.5. The lowest BCUT2D eigenvalue weighted by Gasteiger charge is -2.13. The first-order chi connectivity index (χ1) is 9.82. The van der Waals surface area contributed by atoms with Crippen molar-refractivity contribution in [2.45, 2.75) is 20.0 Å². The Labute approximate surface area is 124 Å². The highest BCUT2D eigenvalue weighted by atomic mass is 16.6. The molecule has 0 aliphatic heterocycles. The standard InChI is InChI=1S/C14H21N3O4/c1-10(2)21-8-7-15-12-9-11(14(18)16(3)4)5-6-13(12)17(19)20/h5-6,9-10,15H,7-8H2,1-4H3. The van der Waals surface area contributed by atoms with Crippen LogP contribution in [-0.4, -0.2) is 49.1 Å². The van der Waals surface area contributed by atoms with Gasteiger partial charge in [-0.2, -0.15) is 0 Å². The number of nitrogens with one attached hydrogen (secondary N) is 1. The Balaban J connectivity index is 2.89. The van der Waals surface area contributed by atoms with E-state index in [0.717, 1.165) is 0 Å². The number of ether oxygens (including phenoxy) is 1. The predicted molar refractivity (Wildman–Crippen MR) is 80.7 cm³/mol. The molecule has 0 saturated carbocycles. The molecular formula is C14H21N3O4. The minimum Gasteiger partial charge on any atom is -0.377 e. The van der Waals surface area contributed by atoms with Crippen molar-refractivity contribution in [2.24, 2.45) is 0 Å². The van der Waals surface area contributed by atoms with Gasteiger partial charge in [0, 0.05) is 32.3 Å². The lowest BCUT2D eigenvalue weighted by Crippen LogP contribution is -2.22. The molecule has 0 unspecified atom stereocenters. The minimum atomic E-state index is -0.477. The van der Waals surface area contributed by atoms with Crippen LogP contribution >= 0.6 is 0 Å². The fourth-order valence-electron chi connectivity index (χ4n) is 1.71. The van der Waals surface area contributed by atoms with Gasteiger partial charge in [-0.15, -0.1) is 0 Å². The molecule has 0 fully saturated rings. The number of carbonyl (C=O) groups is 1. The molecule has 7 heteroatoms. The van der Waals surface area contributed by atoms with Crippen molar-refractivity contribution in [1.82, 2.24) is 4.90 Å². The Hall–Kier alpha value is -2.15. The van der Waals surface area contributed by atoms with Gasteiger partial charge >= 0.3 is 0 Å². The maximum absolute atomic E-state index is 11.9. The van der Waals surface area contributed by atoms with Crippen LogP contribution in [0.1, 0.15) is 24.2 Å². The van der Waals surface area contributed by atoms with Gasteiger partial charge < -0.3 is 15.0 Å². The van der Waals surface area contributed by atoms with E-state index >= 15 is 0 Å². The molecule has 0 radical (unpaired) electrons. The van der Waals surface area contributed by atoms with E-state index in [2.05, 4.69) is 5.32 Å². The second-order valence-electron chi connectivity index (χ2n) is 5.03. The second-order valence-corrected chi connectivity index (χ2v) is 5.03. The zero-order valence-corrected chi connectivity index (χ0v) is 12.8. The number of anilines is 1. The number of hydrogen-bond acceptors (Lipinski definition) is 5. The molecule has 1 aromatic rings. The third-order valence-corrected chi connectivity index (χ3v) is 2.72. The average Bonchev–Trinajstić information content (AvgIpc) is 2.42. The number of rotatable bonds is 7. The molecule has 1 aromatic carbocycles. The van der Waals surface area contributed by atoms with Gasteiger partial charge in [0.05, 0.1) is 17.6 Å². The van der Waals surface area contributed by atoms with Crippen molar-refractivity contribution in [2.75, 3.05) is 32.6 Å². The maximum atomic E-state index is 11.9. The van der Waals surface area contributed by atoms with Crippen LogP contribution in [0.25, 0.3) is 0 Å². The Morgan fingerprint density at radius 2 is 2.10 bits per heavy atom. The first-order valence-electron chi connectivity index (χ1n) is 6.68. The third-order valence-electron chi connectivity index (χ3n) is 2.72. The van der Waals surface area contributed by atoms with Gasteiger partial charge in [-0.05, 0) is 26.0 Å². The fraction of sp³-hybridized carbons (Fsp3) is 0.500. The fourth-order valence-corrected chi connectivity index (χ4v) is 1.71. The van der Waals surface area contributed by atoms with E-state index in [4.69, 9.17) is 4.74 Å². The SMILES string of the molecule is CC(C)OCCNc1cc(C(=O)N(C)C)ccc1[N+](=O)[O-]. The van der Waals surface area contributed by atoms with Crippen molar-refractivity contribution in [3.63, 3.8) is 0 Å². The molecule has 1 rings (SSSR count). The maximum Gasteiger partial charge on any atom is 0.292 e. The summed E-state index contributed by atoms with van der Waals surface area (Å²) >= 11 is 0. The van der Waals surface area contributed by atoms with Crippen LogP contribution in [0, 0.1) is 10.1 Å². The summed E-state index contributed by atoms with van der Waals surface area (Å²) in [5.41, 5.74) is 0.660. The van der Waals surface area contributed by atoms with Crippen molar-refractivity contribution < 1.29 is 14.5 Å². The summed E-state index contributed by atoms with van der Waals surface area (Å²) in [7, 11) is 3.26. The molecule has 0 aromatic heterocycles. The van der Waals surface area contributed by atoms with Crippen molar-refractivity contribution >= 4 is 17.3 Å². The summed E-state index contributed by atoms with van der Waals surface area (Å²) < 4.78 is 5.37. The van der Waals surface area contributed by atoms with E-state index in [-0.39, 0.29) is 17.7 Å². The average molecular weight is 295 g/mol. The molecular weight excluding hydrogens is 274 g/mol. The number of carbonyl (C=O) groups excluding carboxylic acids is 1. The van der Waals surface area contributed by atoms with Gasteiger partial charge in [-0.3, -0.25) is 14.9 Å². The molecule has 0 aliphatic rings. The van der Waals surface area contributed by atoms with E-state index in [1.807, 2.05) is 13.8 Å². The highest BCUT2D eigenvalue weighted by Crippen LogP contribution is 2.25. The van der Waals surface area contributed by atoms with E-state index in [1.165, 1.54) is 23.1 Å². The number of nitro groups is 1. The largest absolute Gasteiger partial charge is 0.377 e. The number of amides is 1. The van der Waals surface area contributed by atoms with Crippen LogP contribution in [0.2, 0.25) is 0 Å². The summed E-state index contributed by atoms with van der Waals surface area (Å²) in [4.78, 5) is 23.9. The van der Waals surface area contributed by atoms with E-state index in [0.29, 0.717) is 24.4 Å². The molecule has 1 amide bonds. The van der Waals surface area contributed by atoms with Crippen LogP contribution in [-0.2, 0) is 4.74 Å². The van der Waals surface area contributed by atoms with Crippen LogP contribution < -0.4 is 5.32 Å². The molecule has 0 bridgehead atoms. The van der Waals surface area contributed by atoms with Gasteiger partial charge in [0.1, 0.15) is 5.69 Å². The molecule has 21 heavy (non-hydrogen) atoms. The van der Waals surface area contributed by atoms with Gasteiger partial charge in [0.25, 0.3) is 11.6 Å². The summed E-state index contributed by atoms with van der Waals surface area (Å²) in [6.45, 7) is 4.69. The van der Waals surface area contributed by atoms with Crippen LogP contribution in [0.3, 0.4) is 0 Å². The number of nitrogens with zero attached hydrogens (tertiary/aromatic N) is 2. The van der Waals surface area contributed by atoms with Gasteiger partial charge in [0.2, 0.25) is 0 Å². The first kappa shape index (κ1) is 16.9. The minimum absolute atomic E-state index is 0.0603.